The third-order valence-corrected chi connectivity index (χ3v) is 1.53. The summed E-state index contributed by atoms with van der Waals surface area (Å²) < 4.78 is 0. The van der Waals surface area contributed by atoms with Crippen molar-refractivity contribution in [2.45, 2.75) is 19.3 Å². The molecule has 0 spiro atoms. The van der Waals surface area contributed by atoms with Gasteiger partial charge in [-0.2, -0.15) is 0 Å². The molecule has 0 aromatic heterocycles. The second kappa shape index (κ2) is 12.0. The minimum atomic E-state index is -1.08. The normalized spacial score (nSPS) is 10.6. The van der Waals surface area contributed by atoms with Crippen molar-refractivity contribution in [1.82, 2.24) is 0 Å². The number of nitrogens with two attached hydrogens (primary N) is 1. The molecule has 0 heterocycles. The van der Waals surface area contributed by atoms with Gasteiger partial charge in [0.15, 0.2) is 0 Å². The van der Waals surface area contributed by atoms with Gasteiger partial charge in [-0.25, -0.2) is 0 Å². The first-order valence-corrected chi connectivity index (χ1v) is 3.72. The maximum Gasteiger partial charge on any atom is 1.00 e. The van der Waals surface area contributed by atoms with Gasteiger partial charge in [-0.3, -0.25) is 9.59 Å². The van der Waals surface area contributed by atoms with Crippen molar-refractivity contribution >= 4 is 11.9 Å². The molecule has 0 aliphatic carbocycles. The van der Waals surface area contributed by atoms with E-state index >= 15 is 0 Å². The molecule has 7 heteroatoms. The topological polar surface area (TPSA) is 101 Å². The number of hydrogen-bond donors (Lipinski definition) is 3. The van der Waals surface area contributed by atoms with Crippen LogP contribution in [0.25, 0.3) is 0 Å². The third kappa shape index (κ3) is 11.0. The van der Waals surface area contributed by atoms with Gasteiger partial charge in [-0.15, -0.1) is 0 Å². The SMILES string of the molecule is NCCCC(CC(=O)O)C(=O)O.[H-].[H-].[Na+].[Na+]. The number of aliphatic carboxylic acids is 2. The second-order valence-electron chi connectivity index (χ2n) is 2.56. The summed E-state index contributed by atoms with van der Waals surface area (Å²) in [5.74, 6) is -2.95. The molecule has 74 valence electrons. The van der Waals surface area contributed by atoms with Crippen LogP contribution in [0.3, 0.4) is 0 Å². The average Bonchev–Trinajstić information content (AvgIpc) is 1.96. The van der Waals surface area contributed by atoms with Crippen molar-refractivity contribution in [3.8, 4) is 0 Å². The van der Waals surface area contributed by atoms with Crippen LogP contribution in [-0.2, 0) is 9.59 Å². The predicted molar refractivity (Wildman–Crippen MR) is 43.9 cm³/mol. The average molecular weight is 223 g/mol. The molecule has 1 atom stereocenters. The summed E-state index contributed by atoms with van der Waals surface area (Å²) in [5, 5.41) is 16.9. The van der Waals surface area contributed by atoms with E-state index in [4.69, 9.17) is 15.9 Å². The molecule has 0 saturated heterocycles. The monoisotopic (exact) mass is 223 g/mol. The molecule has 0 amide bonds. The van der Waals surface area contributed by atoms with Crippen LogP contribution < -0.4 is 64.8 Å². The van der Waals surface area contributed by atoms with Crippen molar-refractivity contribution in [3.05, 3.63) is 0 Å². The molecular weight excluding hydrogens is 208 g/mol. The first-order chi connectivity index (χ1) is 5.57. The maximum atomic E-state index is 10.4. The van der Waals surface area contributed by atoms with Crippen molar-refractivity contribution in [2.24, 2.45) is 11.7 Å². The van der Waals surface area contributed by atoms with Crippen molar-refractivity contribution < 1.29 is 81.8 Å². The molecule has 1 unspecified atom stereocenters. The van der Waals surface area contributed by atoms with Gasteiger partial charge in [0.1, 0.15) is 0 Å². The minimum absolute atomic E-state index is 0. The van der Waals surface area contributed by atoms with Gasteiger partial charge < -0.3 is 18.8 Å². The summed E-state index contributed by atoms with van der Waals surface area (Å²) in [4.78, 5) is 20.6. The number of rotatable bonds is 6. The number of carboxylic acids is 2. The van der Waals surface area contributed by atoms with Gasteiger partial charge in [-0.1, -0.05) is 0 Å². The number of hydrogen-bond acceptors (Lipinski definition) is 3. The Morgan fingerprint density at radius 2 is 1.79 bits per heavy atom. The van der Waals surface area contributed by atoms with Gasteiger partial charge in [-0.05, 0) is 19.4 Å². The number of carboxylic acid groups (broad SMARTS) is 2. The van der Waals surface area contributed by atoms with Crippen LogP contribution >= 0.6 is 0 Å². The van der Waals surface area contributed by atoms with Crippen LogP contribution in [-0.4, -0.2) is 28.7 Å². The van der Waals surface area contributed by atoms with Crippen LogP contribution in [0.15, 0.2) is 0 Å². The molecule has 0 saturated carbocycles. The Morgan fingerprint density at radius 3 is 2.07 bits per heavy atom. The van der Waals surface area contributed by atoms with Gasteiger partial charge in [0, 0.05) is 0 Å². The van der Waals surface area contributed by atoms with Gasteiger partial charge in [0.2, 0.25) is 0 Å². The quantitative estimate of drug-likeness (QED) is 0.389. The van der Waals surface area contributed by atoms with Crippen LogP contribution in [0.1, 0.15) is 22.1 Å². The van der Waals surface area contributed by atoms with Crippen molar-refractivity contribution in [1.29, 1.82) is 0 Å². The van der Waals surface area contributed by atoms with E-state index in [1.807, 2.05) is 0 Å². The van der Waals surface area contributed by atoms with Gasteiger partial charge in [0.25, 0.3) is 0 Å². The summed E-state index contributed by atoms with van der Waals surface area (Å²) in [6, 6.07) is 0. The molecule has 0 aromatic rings. The van der Waals surface area contributed by atoms with Crippen LogP contribution in [0.2, 0.25) is 0 Å². The molecular formula is C7H15NNa2O4. The molecule has 0 radical (unpaired) electrons. The summed E-state index contributed by atoms with van der Waals surface area (Å²) in [7, 11) is 0. The van der Waals surface area contributed by atoms with E-state index in [0.717, 1.165) is 0 Å². The van der Waals surface area contributed by atoms with Crippen molar-refractivity contribution in [3.63, 3.8) is 0 Å². The zero-order valence-electron chi connectivity index (χ0n) is 10.7. The Morgan fingerprint density at radius 1 is 1.29 bits per heavy atom. The Balaban J connectivity index is -0.000000101. The summed E-state index contributed by atoms with van der Waals surface area (Å²) in [5.41, 5.74) is 5.17. The molecule has 5 nitrogen and oxygen atoms in total. The van der Waals surface area contributed by atoms with E-state index in [2.05, 4.69) is 0 Å². The van der Waals surface area contributed by atoms with Gasteiger partial charge >= 0.3 is 71.1 Å². The fourth-order valence-corrected chi connectivity index (χ4v) is 0.888. The minimum Gasteiger partial charge on any atom is -1.00 e. The van der Waals surface area contributed by atoms with Gasteiger partial charge in [0.05, 0.1) is 12.3 Å². The second-order valence-corrected chi connectivity index (χ2v) is 2.56. The molecule has 14 heavy (non-hydrogen) atoms. The van der Waals surface area contributed by atoms with E-state index in [1.165, 1.54) is 0 Å². The van der Waals surface area contributed by atoms with E-state index < -0.39 is 17.9 Å². The third-order valence-electron chi connectivity index (χ3n) is 1.53. The predicted octanol–water partition coefficient (Wildman–Crippen LogP) is -5.87. The Hall–Kier alpha value is 0.900. The number of carbonyl (C=O) groups is 2. The fraction of sp³-hybridized carbons (Fsp3) is 0.714. The van der Waals surface area contributed by atoms with E-state index in [1.54, 1.807) is 0 Å². The first kappa shape index (κ1) is 20.3. The standard InChI is InChI=1S/C7H13NO4.2Na.2H/c8-3-1-2-5(7(11)12)4-6(9)10;;;;/h5H,1-4,8H2,(H,9,10)(H,11,12);;;;/q;2*+1;2*-1. The summed E-state index contributed by atoms with van der Waals surface area (Å²) >= 11 is 0. The largest absolute Gasteiger partial charge is 1.00 e. The van der Waals surface area contributed by atoms with E-state index in [-0.39, 0.29) is 68.4 Å². The molecule has 0 bridgehead atoms. The van der Waals surface area contributed by atoms with Crippen molar-refractivity contribution in [2.75, 3.05) is 6.54 Å². The van der Waals surface area contributed by atoms with Crippen LogP contribution in [0.5, 0.6) is 0 Å². The molecule has 0 aliphatic heterocycles. The molecule has 4 N–H and O–H groups in total. The Bertz CT molecular complexity index is 186. The smallest absolute Gasteiger partial charge is 1.00 e. The zero-order valence-corrected chi connectivity index (χ0v) is 12.7. The maximum absolute atomic E-state index is 10.4. The van der Waals surface area contributed by atoms with Crippen LogP contribution in [0.4, 0.5) is 0 Å². The Labute approximate surface area is 130 Å². The van der Waals surface area contributed by atoms with Crippen LogP contribution in [0, 0.1) is 5.92 Å². The summed E-state index contributed by atoms with van der Waals surface area (Å²) in [6.45, 7) is 0.392. The fourth-order valence-electron chi connectivity index (χ4n) is 0.888. The Kier molecular flexibility index (Phi) is 17.4. The van der Waals surface area contributed by atoms with E-state index in [0.29, 0.717) is 19.4 Å². The molecule has 0 fully saturated rings. The molecule has 0 aliphatic rings. The first-order valence-electron chi connectivity index (χ1n) is 3.72. The van der Waals surface area contributed by atoms with E-state index in [9.17, 15) is 9.59 Å². The molecule has 0 aromatic carbocycles. The zero-order chi connectivity index (χ0) is 9.56. The molecule has 0 rings (SSSR count). The summed E-state index contributed by atoms with van der Waals surface area (Å²) in [6.07, 6.45) is 0.553.